The Morgan fingerprint density at radius 2 is 1.33 bits per heavy atom. The molecule has 90 valence electrons. The number of nitro groups is 1. The van der Waals surface area contributed by atoms with E-state index in [-0.39, 0.29) is 5.69 Å². The van der Waals surface area contributed by atoms with Crippen molar-refractivity contribution in [2.24, 2.45) is 10.2 Å². The van der Waals surface area contributed by atoms with Crippen molar-refractivity contribution in [1.29, 1.82) is 0 Å². The first-order chi connectivity index (χ1) is 8.65. The topological polar surface area (TPSA) is 67.9 Å². The van der Waals surface area contributed by atoms with Crippen LogP contribution in [0.5, 0.6) is 0 Å². The van der Waals surface area contributed by atoms with Crippen LogP contribution in [0.3, 0.4) is 0 Å². The van der Waals surface area contributed by atoms with Gasteiger partial charge in [0.2, 0.25) is 0 Å². The molecule has 0 aliphatic heterocycles. The first-order valence-electron chi connectivity index (χ1n) is 5.38. The van der Waals surface area contributed by atoms with Crippen molar-refractivity contribution >= 4 is 17.1 Å². The fraction of sp³-hybridized carbons (Fsp3) is 0.0769. The zero-order valence-electron chi connectivity index (χ0n) is 9.78. The van der Waals surface area contributed by atoms with Gasteiger partial charge in [0.05, 0.1) is 16.3 Å². The molecule has 0 N–H and O–H groups in total. The van der Waals surface area contributed by atoms with E-state index in [2.05, 4.69) is 10.2 Å². The predicted octanol–water partition coefficient (Wildman–Crippen LogP) is 4.32. The standard InChI is InChI=1S/C13H11N3O2/c1-10-2-4-11(5-3-10)14-15-12-6-8-13(9-7-12)16(17)18/h2-9H,1H3/b15-14+. The van der Waals surface area contributed by atoms with Gasteiger partial charge in [0.1, 0.15) is 0 Å². The van der Waals surface area contributed by atoms with Crippen molar-refractivity contribution in [3.63, 3.8) is 0 Å². The lowest BCUT2D eigenvalue weighted by Crippen LogP contribution is -1.85. The number of nitro benzene ring substituents is 1. The Hall–Kier alpha value is -2.56. The average molecular weight is 241 g/mol. The Labute approximate surface area is 104 Å². The molecule has 5 heteroatoms. The number of rotatable bonds is 3. The Morgan fingerprint density at radius 3 is 1.78 bits per heavy atom. The summed E-state index contributed by atoms with van der Waals surface area (Å²) in [7, 11) is 0. The van der Waals surface area contributed by atoms with Gasteiger partial charge in [-0.05, 0) is 31.2 Å². The smallest absolute Gasteiger partial charge is 0.258 e. The van der Waals surface area contributed by atoms with E-state index in [4.69, 9.17) is 0 Å². The summed E-state index contributed by atoms with van der Waals surface area (Å²) in [6.45, 7) is 2.00. The van der Waals surface area contributed by atoms with Gasteiger partial charge < -0.3 is 0 Å². The highest BCUT2D eigenvalue weighted by atomic mass is 16.6. The van der Waals surface area contributed by atoms with E-state index in [0.29, 0.717) is 5.69 Å². The second-order valence-corrected chi connectivity index (χ2v) is 3.81. The molecule has 0 amide bonds. The van der Waals surface area contributed by atoms with E-state index < -0.39 is 4.92 Å². The molecule has 0 spiro atoms. The normalized spacial score (nSPS) is 10.7. The summed E-state index contributed by atoms with van der Waals surface area (Å²) in [5.41, 5.74) is 2.54. The van der Waals surface area contributed by atoms with Gasteiger partial charge in [-0.25, -0.2) is 0 Å². The van der Waals surface area contributed by atoms with E-state index in [1.54, 1.807) is 12.1 Å². The molecule has 2 aromatic carbocycles. The summed E-state index contributed by atoms with van der Waals surface area (Å²) >= 11 is 0. The minimum absolute atomic E-state index is 0.0456. The Balaban J connectivity index is 2.13. The van der Waals surface area contributed by atoms with E-state index in [1.807, 2.05) is 31.2 Å². The van der Waals surface area contributed by atoms with Crippen LogP contribution >= 0.6 is 0 Å². The number of non-ortho nitro benzene ring substituents is 1. The monoisotopic (exact) mass is 241 g/mol. The molecule has 0 saturated heterocycles. The van der Waals surface area contributed by atoms with Crippen LogP contribution in [0.25, 0.3) is 0 Å². The zero-order chi connectivity index (χ0) is 13.0. The molecule has 0 fully saturated rings. The van der Waals surface area contributed by atoms with Crippen LogP contribution in [0.2, 0.25) is 0 Å². The van der Waals surface area contributed by atoms with Gasteiger partial charge in [0, 0.05) is 12.1 Å². The number of benzene rings is 2. The molecule has 0 atom stereocenters. The van der Waals surface area contributed by atoms with Crippen LogP contribution in [0.4, 0.5) is 17.1 Å². The summed E-state index contributed by atoms with van der Waals surface area (Å²) in [5, 5.41) is 18.5. The average Bonchev–Trinajstić information content (AvgIpc) is 2.38. The SMILES string of the molecule is Cc1ccc(/N=N/c2ccc([N+](=O)[O-])cc2)cc1. The lowest BCUT2D eigenvalue weighted by atomic mass is 10.2. The van der Waals surface area contributed by atoms with E-state index in [0.717, 1.165) is 11.3 Å². The summed E-state index contributed by atoms with van der Waals surface area (Å²) < 4.78 is 0. The maximum absolute atomic E-state index is 10.5. The second-order valence-electron chi connectivity index (χ2n) is 3.81. The van der Waals surface area contributed by atoms with E-state index in [1.165, 1.54) is 12.1 Å². The van der Waals surface area contributed by atoms with Crippen LogP contribution in [-0.4, -0.2) is 4.92 Å². The highest BCUT2D eigenvalue weighted by Gasteiger charge is 2.02. The third kappa shape index (κ3) is 2.98. The van der Waals surface area contributed by atoms with E-state index in [9.17, 15) is 10.1 Å². The molecule has 5 nitrogen and oxygen atoms in total. The van der Waals surface area contributed by atoms with Crippen LogP contribution in [0, 0.1) is 17.0 Å². The number of nitrogens with zero attached hydrogens (tertiary/aromatic N) is 3. The molecule has 0 heterocycles. The highest BCUT2D eigenvalue weighted by molar-refractivity contribution is 5.45. The lowest BCUT2D eigenvalue weighted by molar-refractivity contribution is -0.384. The summed E-state index contributed by atoms with van der Waals surface area (Å²) in [4.78, 5) is 10.0. The molecule has 2 rings (SSSR count). The third-order valence-electron chi connectivity index (χ3n) is 2.38. The van der Waals surface area contributed by atoms with Crippen LogP contribution in [-0.2, 0) is 0 Å². The summed E-state index contributed by atoms with van der Waals surface area (Å²) in [6.07, 6.45) is 0. The molecule has 0 aliphatic carbocycles. The number of aryl methyl sites for hydroxylation is 1. The van der Waals surface area contributed by atoms with Crippen LogP contribution in [0.15, 0.2) is 58.8 Å². The number of hydrogen-bond acceptors (Lipinski definition) is 4. The van der Waals surface area contributed by atoms with Gasteiger partial charge >= 0.3 is 0 Å². The molecule has 0 bridgehead atoms. The van der Waals surface area contributed by atoms with Crippen molar-refractivity contribution in [2.75, 3.05) is 0 Å². The second kappa shape index (κ2) is 5.18. The zero-order valence-corrected chi connectivity index (χ0v) is 9.78. The largest absolute Gasteiger partial charge is 0.269 e. The first kappa shape index (κ1) is 11.9. The van der Waals surface area contributed by atoms with Crippen molar-refractivity contribution in [2.45, 2.75) is 6.92 Å². The van der Waals surface area contributed by atoms with Crippen molar-refractivity contribution in [1.82, 2.24) is 0 Å². The van der Waals surface area contributed by atoms with Gasteiger partial charge in [-0.3, -0.25) is 10.1 Å². The Morgan fingerprint density at radius 1 is 0.889 bits per heavy atom. The van der Waals surface area contributed by atoms with Gasteiger partial charge in [-0.1, -0.05) is 17.7 Å². The summed E-state index contributed by atoms with van der Waals surface area (Å²) in [5.74, 6) is 0. The number of hydrogen-bond donors (Lipinski definition) is 0. The van der Waals surface area contributed by atoms with Gasteiger partial charge in [0.15, 0.2) is 0 Å². The fourth-order valence-electron chi connectivity index (χ4n) is 1.37. The molecule has 0 aliphatic rings. The Kier molecular flexibility index (Phi) is 3.43. The molecule has 2 aromatic rings. The van der Waals surface area contributed by atoms with Gasteiger partial charge in [-0.15, -0.1) is 0 Å². The maximum Gasteiger partial charge on any atom is 0.269 e. The fourth-order valence-corrected chi connectivity index (χ4v) is 1.37. The summed E-state index contributed by atoms with van der Waals surface area (Å²) in [6, 6.07) is 13.6. The van der Waals surface area contributed by atoms with Gasteiger partial charge in [0.25, 0.3) is 5.69 Å². The van der Waals surface area contributed by atoms with Crippen LogP contribution in [0.1, 0.15) is 5.56 Å². The molecule has 0 unspecified atom stereocenters. The number of azo groups is 1. The maximum atomic E-state index is 10.5. The van der Waals surface area contributed by atoms with Gasteiger partial charge in [-0.2, -0.15) is 10.2 Å². The quantitative estimate of drug-likeness (QED) is 0.456. The molecule has 0 saturated carbocycles. The Bertz CT molecular complexity index is 574. The molecule has 0 aromatic heterocycles. The first-order valence-corrected chi connectivity index (χ1v) is 5.38. The third-order valence-corrected chi connectivity index (χ3v) is 2.38. The minimum Gasteiger partial charge on any atom is -0.258 e. The molecular weight excluding hydrogens is 230 g/mol. The highest BCUT2D eigenvalue weighted by Crippen LogP contribution is 2.21. The van der Waals surface area contributed by atoms with Crippen molar-refractivity contribution < 1.29 is 4.92 Å². The predicted molar refractivity (Wildman–Crippen MR) is 68.5 cm³/mol. The lowest BCUT2D eigenvalue weighted by Gasteiger charge is -1.94. The van der Waals surface area contributed by atoms with Crippen molar-refractivity contribution in [3.8, 4) is 0 Å². The minimum atomic E-state index is -0.444. The van der Waals surface area contributed by atoms with Crippen molar-refractivity contribution in [3.05, 3.63) is 64.2 Å². The molecular formula is C13H11N3O2. The van der Waals surface area contributed by atoms with E-state index >= 15 is 0 Å². The molecule has 18 heavy (non-hydrogen) atoms. The molecule has 0 radical (unpaired) electrons. The van der Waals surface area contributed by atoms with Crippen LogP contribution < -0.4 is 0 Å².